The molecule has 0 unspecified atom stereocenters. The molecule has 0 saturated heterocycles. The molecule has 2 aliphatic rings. The molecule has 0 aromatic heterocycles. The van der Waals surface area contributed by atoms with E-state index in [9.17, 15) is 35.1 Å². The largest absolute Gasteiger partial charge is 0.507 e. The first-order chi connectivity index (χ1) is 12.8. The zero-order valence-electron chi connectivity index (χ0n) is 14.4. The zero-order valence-corrected chi connectivity index (χ0v) is 14.4. The van der Waals surface area contributed by atoms with Crippen molar-refractivity contribution in [1.82, 2.24) is 0 Å². The van der Waals surface area contributed by atoms with Gasteiger partial charge in [0.05, 0.1) is 28.9 Å². The van der Waals surface area contributed by atoms with E-state index in [1.54, 1.807) is 0 Å². The highest BCUT2D eigenvalue weighted by Gasteiger charge is 2.44. The Morgan fingerprint density at radius 1 is 0.926 bits per heavy atom. The van der Waals surface area contributed by atoms with Crippen LogP contribution in [0.4, 0.5) is 0 Å². The number of carbonyl (C=O) groups excluding carboxylic acids is 2. The molecule has 0 saturated carbocycles. The molecule has 7 nitrogen and oxygen atoms in total. The van der Waals surface area contributed by atoms with E-state index in [1.165, 1.54) is 18.2 Å². The number of aliphatic hydroxyl groups excluding tert-OH is 2. The molecule has 5 N–H and O–H groups in total. The standard InChI is InChI=1S/C20H18O7/c1-2-7-6-10(22)12-13(16(7)23)20(27)14-15(19(12)26)18(25)11-8(17(14)24)4-3-5-9(11)21/h3-5,7,10,16,21-23,26-27H,2,6H2,1H3/t7-,10+,16+/m0/s1. The van der Waals surface area contributed by atoms with Gasteiger partial charge in [0, 0.05) is 16.7 Å². The number of benzene rings is 2. The van der Waals surface area contributed by atoms with Crippen molar-refractivity contribution >= 4 is 11.6 Å². The first-order valence-corrected chi connectivity index (χ1v) is 8.68. The molecular weight excluding hydrogens is 352 g/mol. The molecule has 0 heterocycles. The van der Waals surface area contributed by atoms with Gasteiger partial charge in [-0.2, -0.15) is 0 Å². The third-order valence-electron chi connectivity index (χ3n) is 5.62. The Balaban J connectivity index is 2.08. The first kappa shape index (κ1) is 17.5. The number of carbonyl (C=O) groups is 2. The lowest BCUT2D eigenvalue weighted by molar-refractivity contribution is 0.0333. The molecule has 7 heteroatoms. The highest BCUT2D eigenvalue weighted by molar-refractivity contribution is 6.31. The predicted octanol–water partition coefficient (Wildman–Crippen LogP) is 2.08. The molecule has 140 valence electrons. The van der Waals surface area contributed by atoms with Gasteiger partial charge >= 0.3 is 0 Å². The molecule has 0 radical (unpaired) electrons. The lowest BCUT2D eigenvalue weighted by Gasteiger charge is -2.35. The second kappa shape index (κ2) is 5.80. The second-order valence-electron chi connectivity index (χ2n) is 7.00. The highest BCUT2D eigenvalue weighted by atomic mass is 16.3. The third-order valence-corrected chi connectivity index (χ3v) is 5.62. The number of hydrogen-bond acceptors (Lipinski definition) is 7. The minimum Gasteiger partial charge on any atom is -0.507 e. The SMILES string of the molecule is CC[C@H]1C[C@@H](O)c2c(O)c3c(c(O)c2[C@@H]1O)C(=O)c1cccc(O)c1C3=O. The smallest absolute Gasteiger partial charge is 0.202 e. The van der Waals surface area contributed by atoms with E-state index in [4.69, 9.17) is 0 Å². The Bertz CT molecular complexity index is 1010. The number of aliphatic hydroxyl groups is 2. The Morgan fingerprint density at radius 2 is 1.56 bits per heavy atom. The van der Waals surface area contributed by atoms with E-state index in [-0.39, 0.29) is 34.6 Å². The number of aromatic hydroxyl groups is 3. The predicted molar refractivity (Wildman–Crippen MR) is 93.1 cm³/mol. The number of phenolic OH excluding ortho intramolecular Hbond substituents is 3. The number of phenols is 3. The van der Waals surface area contributed by atoms with Gasteiger partial charge in [-0.05, 0) is 18.4 Å². The third kappa shape index (κ3) is 2.15. The van der Waals surface area contributed by atoms with Crippen LogP contribution in [0.1, 0.15) is 74.9 Å². The molecule has 0 fully saturated rings. The fraction of sp³-hybridized carbons (Fsp3) is 0.300. The molecule has 2 aromatic carbocycles. The Kier molecular flexibility index (Phi) is 3.76. The molecule has 0 spiro atoms. The topological polar surface area (TPSA) is 135 Å². The number of rotatable bonds is 1. The summed E-state index contributed by atoms with van der Waals surface area (Å²) in [6.07, 6.45) is -1.75. The fourth-order valence-electron chi connectivity index (χ4n) is 4.23. The average Bonchev–Trinajstić information content (AvgIpc) is 2.63. The minimum atomic E-state index is -1.21. The van der Waals surface area contributed by atoms with Gasteiger partial charge in [0.2, 0.25) is 5.78 Å². The Morgan fingerprint density at radius 3 is 2.22 bits per heavy atom. The van der Waals surface area contributed by atoms with Crippen LogP contribution in [0.3, 0.4) is 0 Å². The quantitative estimate of drug-likeness (QED) is 0.414. The van der Waals surface area contributed by atoms with Crippen LogP contribution in [0.15, 0.2) is 18.2 Å². The van der Waals surface area contributed by atoms with Crippen molar-refractivity contribution < 1.29 is 35.1 Å². The van der Waals surface area contributed by atoms with Crippen molar-refractivity contribution in [1.29, 1.82) is 0 Å². The summed E-state index contributed by atoms with van der Waals surface area (Å²) in [6, 6.07) is 3.98. The van der Waals surface area contributed by atoms with Crippen molar-refractivity contribution in [2.75, 3.05) is 0 Å². The van der Waals surface area contributed by atoms with E-state index in [1.807, 2.05) is 6.92 Å². The summed E-state index contributed by atoms with van der Waals surface area (Å²) >= 11 is 0. The average molecular weight is 370 g/mol. The van der Waals surface area contributed by atoms with Crippen LogP contribution in [0.5, 0.6) is 17.2 Å². The molecule has 3 atom stereocenters. The van der Waals surface area contributed by atoms with Crippen molar-refractivity contribution in [3.63, 3.8) is 0 Å². The molecule has 0 bridgehead atoms. The fourth-order valence-corrected chi connectivity index (χ4v) is 4.23. The Labute approximate surface area is 154 Å². The zero-order chi connectivity index (χ0) is 19.6. The van der Waals surface area contributed by atoms with Gasteiger partial charge in [-0.3, -0.25) is 9.59 Å². The maximum absolute atomic E-state index is 12.9. The number of hydrogen-bond donors (Lipinski definition) is 5. The first-order valence-electron chi connectivity index (χ1n) is 8.68. The van der Waals surface area contributed by atoms with Crippen LogP contribution < -0.4 is 0 Å². The van der Waals surface area contributed by atoms with Gasteiger partial charge in [-0.25, -0.2) is 0 Å². The van der Waals surface area contributed by atoms with Gasteiger partial charge < -0.3 is 25.5 Å². The van der Waals surface area contributed by atoms with Crippen LogP contribution in [0, 0.1) is 5.92 Å². The Hall–Kier alpha value is -2.90. The van der Waals surface area contributed by atoms with Crippen LogP contribution >= 0.6 is 0 Å². The molecule has 0 aliphatic heterocycles. The van der Waals surface area contributed by atoms with Crippen LogP contribution in [-0.2, 0) is 0 Å². The van der Waals surface area contributed by atoms with Crippen molar-refractivity contribution in [3.8, 4) is 17.2 Å². The van der Waals surface area contributed by atoms with Crippen molar-refractivity contribution in [3.05, 3.63) is 51.6 Å². The summed E-state index contributed by atoms with van der Waals surface area (Å²) < 4.78 is 0. The van der Waals surface area contributed by atoms with Gasteiger partial charge in [-0.15, -0.1) is 0 Å². The van der Waals surface area contributed by atoms with Crippen molar-refractivity contribution in [2.45, 2.75) is 32.0 Å². The number of ketones is 2. The summed E-state index contributed by atoms with van der Waals surface area (Å²) in [6.45, 7) is 1.81. The van der Waals surface area contributed by atoms with Crippen LogP contribution in [0.25, 0.3) is 0 Å². The van der Waals surface area contributed by atoms with E-state index in [0.717, 1.165) is 0 Å². The minimum absolute atomic E-state index is 0.0972. The maximum atomic E-state index is 12.9. The maximum Gasteiger partial charge on any atom is 0.202 e. The number of fused-ring (bicyclic) bond motifs is 3. The summed E-state index contributed by atoms with van der Waals surface area (Å²) in [4.78, 5) is 25.8. The molecule has 27 heavy (non-hydrogen) atoms. The van der Waals surface area contributed by atoms with Gasteiger partial charge in [0.25, 0.3) is 0 Å². The molecule has 4 rings (SSSR count). The van der Waals surface area contributed by atoms with Gasteiger partial charge in [0.15, 0.2) is 5.78 Å². The van der Waals surface area contributed by atoms with Crippen LogP contribution in [0.2, 0.25) is 0 Å². The van der Waals surface area contributed by atoms with E-state index >= 15 is 0 Å². The lowest BCUT2D eigenvalue weighted by atomic mass is 9.73. The van der Waals surface area contributed by atoms with Gasteiger partial charge in [-0.1, -0.05) is 25.5 Å². The normalized spacial score (nSPS) is 23.6. The molecule has 2 aliphatic carbocycles. The van der Waals surface area contributed by atoms with Crippen molar-refractivity contribution in [2.24, 2.45) is 5.92 Å². The van der Waals surface area contributed by atoms with E-state index < -0.39 is 52.1 Å². The monoisotopic (exact) mass is 370 g/mol. The summed E-state index contributed by atoms with van der Waals surface area (Å²) in [5, 5.41) is 52.6. The second-order valence-corrected chi connectivity index (χ2v) is 7.00. The van der Waals surface area contributed by atoms with Gasteiger partial charge in [0.1, 0.15) is 17.2 Å². The molecule has 2 aromatic rings. The van der Waals surface area contributed by atoms with E-state index in [2.05, 4.69) is 0 Å². The highest BCUT2D eigenvalue weighted by Crippen LogP contribution is 2.53. The summed E-state index contributed by atoms with van der Waals surface area (Å²) in [7, 11) is 0. The summed E-state index contributed by atoms with van der Waals surface area (Å²) in [5.41, 5.74) is -1.52. The lowest BCUT2D eigenvalue weighted by Crippen LogP contribution is -2.28. The van der Waals surface area contributed by atoms with E-state index in [0.29, 0.717) is 6.42 Å². The van der Waals surface area contributed by atoms with Crippen LogP contribution in [-0.4, -0.2) is 37.1 Å². The molecule has 0 amide bonds. The summed E-state index contributed by atoms with van der Waals surface area (Å²) in [5.74, 6) is -3.62. The molecular formula is C20H18O7.